The molecular formula is C16H29NO5Si. The Balaban J connectivity index is 3.17. The van der Waals surface area contributed by atoms with Gasteiger partial charge in [0.05, 0.1) is 5.54 Å². The van der Waals surface area contributed by atoms with Crippen LogP contribution in [0.4, 0.5) is 0 Å². The molecule has 1 aliphatic heterocycles. The third-order valence-corrected chi connectivity index (χ3v) is 7.25. The van der Waals surface area contributed by atoms with Crippen molar-refractivity contribution >= 4 is 20.6 Å². The first-order valence-corrected chi connectivity index (χ1v) is 10.3. The van der Waals surface area contributed by atoms with Gasteiger partial charge in [-0.05, 0) is 27.2 Å². The lowest BCUT2D eigenvalue weighted by atomic mass is 10.1. The van der Waals surface area contributed by atoms with E-state index in [0.29, 0.717) is 31.8 Å². The number of unbranched alkanes of at least 4 members (excludes halogenated alkanes) is 2. The lowest BCUT2D eigenvalue weighted by Crippen LogP contribution is -2.51. The van der Waals surface area contributed by atoms with Crippen LogP contribution in [-0.4, -0.2) is 40.4 Å². The van der Waals surface area contributed by atoms with Gasteiger partial charge in [-0.1, -0.05) is 26.2 Å². The average molecular weight is 343 g/mol. The Hall–Kier alpha value is -1.02. The van der Waals surface area contributed by atoms with Crippen molar-refractivity contribution < 1.29 is 22.9 Å². The molecule has 7 heteroatoms. The number of hydrogen-bond donors (Lipinski definition) is 1. The van der Waals surface area contributed by atoms with Gasteiger partial charge in [0.15, 0.2) is 0 Å². The Morgan fingerprint density at radius 2 is 1.57 bits per heavy atom. The molecule has 6 nitrogen and oxygen atoms in total. The summed E-state index contributed by atoms with van der Waals surface area (Å²) < 4.78 is 17.9. The number of carbonyl (C=O) groups excluding carboxylic acids is 2. The molecule has 0 aromatic heterocycles. The first-order chi connectivity index (χ1) is 11.0. The average Bonchev–Trinajstić information content (AvgIpc) is 2.83. The quantitative estimate of drug-likeness (QED) is 0.335. The number of imide groups is 1. The predicted molar refractivity (Wildman–Crippen MR) is 89.8 cm³/mol. The smallest absolute Gasteiger partial charge is 0.373 e. The second kappa shape index (κ2) is 9.97. The van der Waals surface area contributed by atoms with Gasteiger partial charge in [-0.3, -0.25) is 14.9 Å². The van der Waals surface area contributed by atoms with Crippen molar-refractivity contribution in [1.29, 1.82) is 0 Å². The summed E-state index contributed by atoms with van der Waals surface area (Å²) in [6.07, 6.45) is 5.14. The third-order valence-electron chi connectivity index (χ3n) is 3.72. The van der Waals surface area contributed by atoms with Crippen LogP contribution < -0.4 is 5.32 Å². The van der Waals surface area contributed by atoms with Crippen molar-refractivity contribution in [2.24, 2.45) is 0 Å². The van der Waals surface area contributed by atoms with Crippen molar-refractivity contribution in [3.05, 3.63) is 11.6 Å². The number of carbonyl (C=O) groups is 2. The van der Waals surface area contributed by atoms with E-state index in [0.717, 1.165) is 19.3 Å². The van der Waals surface area contributed by atoms with Crippen molar-refractivity contribution in [3.8, 4) is 0 Å². The molecule has 0 radical (unpaired) electrons. The highest BCUT2D eigenvalue weighted by Crippen LogP contribution is 2.38. The summed E-state index contributed by atoms with van der Waals surface area (Å²) >= 11 is 0. The first kappa shape index (κ1) is 20.0. The second-order valence-electron chi connectivity index (χ2n) is 5.37. The van der Waals surface area contributed by atoms with Gasteiger partial charge in [-0.25, -0.2) is 0 Å². The van der Waals surface area contributed by atoms with E-state index in [4.69, 9.17) is 13.3 Å². The monoisotopic (exact) mass is 343 g/mol. The number of hydrogen-bond acceptors (Lipinski definition) is 5. The minimum atomic E-state index is -3.09. The Morgan fingerprint density at radius 3 is 1.96 bits per heavy atom. The van der Waals surface area contributed by atoms with E-state index >= 15 is 0 Å². The maximum atomic E-state index is 12.2. The van der Waals surface area contributed by atoms with Crippen LogP contribution >= 0.6 is 0 Å². The standard InChI is InChI=1S/C16H29NO5Si/c1-5-9-10-11-14(13-12-15(18)17-16(13)19)23(20-6-2,21-7-3)22-8-4/h12,14H,5-11H2,1-4H3,(H,17,18,19). The van der Waals surface area contributed by atoms with Crippen molar-refractivity contribution in [2.45, 2.75) is 58.9 Å². The summed E-state index contributed by atoms with van der Waals surface area (Å²) in [5, 5.41) is 2.32. The van der Waals surface area contributed by atoms with E-state index in [1.54, 1.807) is 0 Å². The Labute approximate surface area is 139 Å². The van der Waals surface area contributed by atoms with E-state index in [-0.39, 0.29) is 17.4 Å². The molecule has 0 aromatic rings. The molecule has 1 heterocycles. The number of amides is 2. The summed E-state index contributed by atoms with van der Waals surface area (Å²) in [5.41, 5.74) is 0.133. The molecule has 0 saturated heterocycles. The van der Waals surface area contributed by atoms with Gasteiger partial charge >= 0.3 is 8.80 Å². The highest BCUT2D eigenvalue weighted by molar-refractivity contribution is 6.64. The Bertz CT molecular complexity index is 421. The molecule has 1 aliphatic rings. The van der Waals surface area contributed by atoms with Gasteiger partial charge in [-0.15, -0.1) is 0 Å². The number of rotatable bonds is 12. The molecule has 2 amide bonds. The zero-order chi connectivity index (χ0) is 17.3. The zero-order valence-corrected chi connectivity index (χ0v) is 15.6. The lowest BCUT2D eigenvalue weighted by molar-refractivity contribution is -0.124. The third kappa shape index (κ3) is 5.24. The van der Waals surface area contributed by atoms with E-state index in [1.165, 1.54) is 6.08 Å². The summed E-state index contributed by atoms with van der Waals surface area (Å²) in [5.74, 6) is -0.731. The minimum Gasteiger partial charge on any atom is -0.373 e. The van der Waals surface area contributed by atoms with Crippen LogP contribution in [0.15, 0.2) is 11.6 Å². The molecule has 0 spiro atoms. The van der Waals surface area contributed by atoms with E-state index < -0.39 is 8.80 Å². The zero-order valence-electron chi connectivity index (χ0n) is 14.6. The molecule has 0 bridgehead atoms. The molecule has 1 rings (SSSR count). The summed E-state index contributed by atoms with van der Waals surface area (Å²) in [6.45, 7) is 9.11. The maximum absolute atomic E-state index is 12.2. The molecule has 0 aliphatic carbocycles. The van der Waals surface area contributed by atoms with Crippen LogP contribution in [0.1, 0.15) is 53.4 Å². The molecule has 1 atom stereocenters. The van der Waals surface area contributed by atoms with Crippen LogP contribution in [0.3, 0.4) is 0 Å². The van der Waals surface area contributed by atoms with Crippen LogP contribution in [0, 0.1) is 0 Å². The van der Waals surface area contributed by atoms with Gasteiger partial charge in [0, 0.05) is 31.5 Å². The van der Waals surface area contributed by atoms with Crippen molar-refractivity contribution in [3.63, 3.8) is 0 Å². The fourth-order valence-corrected chi connectivity index (χ4v) is 6.05. The summed E-state index contributed by atoms with van der Waals surface area (Å²) in [7, 11) is -3.09. The largest absolute Gasteiger partial charge is 0.509 e. The van der Waals surface area contributed by atoms with Gasteiger partial charge < -0.3 is 13.3 Å². The van der Waals surface area contributed by atoms with Crippen molar-refractivity contribution in [2.75, 3.05) is 19.8 Å². The van der Waals surface area contributed by atoms with Gasteiger partial charge in [0.25, 0.3) is 11.8 Å². The Kier molecular flexibility index (Phi) is 8.68. The Morgan fingerprint density at radius 1 is 1.00 bits per heavy atom. The summed E-state index contributed by atoms with van der Waals surface area (Å²) in [4.78, 5) is 23.8. The minimum absolute atomic E-state index is 0.305. The maximum Gasteiger partial charge on any atom is 0.509 e. The van der Waals surface area contributed by atoms with Crippen LogP contribution in [0.25, 0.3) is 0 Å². The predicted octanol–water partition coefficient (Wildman–Crippen LogP) is 2.57. The highest BCUT2D eigenvalue weighted by Gasteiger charge is 2.52. The lowest BCUT2D eigenvalue weighted by Gasteiger charge is -2.35. The van der Waals surface area contributed by atoms with Crippen LogP contribution in [0.2, 0.25) is 5.54 Å². The fourth-order valence-electron chi connectivity index (χ4n) is 2.84. The molecular weight excluding hydrogens is 314 g/mol. The molecule has 1 unspecified atom stereocenters. The second-order valence-corrected chi connectivity index (χ2v) is 8.14. The van der Waals surface area contributed by atoms with Gasteiger partial charge in [0.1, 0.15) is 0 Å². The highest BCUT2D eigenvalue weighted by atomic mass is 28.4. The molecule has 0 saturated carbocycles. The normalized spacial score (nSPS) is 16.4. The SMILES string of the molecule is CCCCCC(C1=CC(=O)NC1=O)[Si](OCC)(OCC)OCC. The fraction of sp³-hybridized carbons (Fsp3) is 0.750. The van der Waals surface area contributed by atoms with Gasteiger partial charge in [-0.2, -0.15) is 0 Å². The van der Waals surface area contributed by atoms with Gasteiger partial charge in [0.2, 0.25) is 0 Å². The summed E-state index contributed by atoms with van der Waals surface area (Å²) in [6, 6.07) is 0. The van der Waals surface area contributed by atoms with Crippen LogP contribution in [0.5, 0.6) is 0 Å². The molecule has 132 valence electrons. The van der Waals surface area contributed by atoms with Crippen LogP contribution in [-0.2, 0) is 22.9 Å². The topological polar surface area (TPSA) is 73.9 Å². The molecule has 23 heavy (non-hydrogen) atoms. The number of nitrogens with one attached hydrogen (secondary N) is 1. The molecule has 1 N–H and O–H groups in total. The molecule has 0 aromatic carbocycles. The van der Waals surface area contributed by atoms with E-state index in [1.807, 2.05) is 20.8 Å². The molecule has 0 fully saturated rings. The van der Waals surface area contributed by atoms with Crippen molar-refractivity contribution in [1.82, 2.24) is 5.32 Å². The first-order valence-electron chi connectivity index (χ1n) is 8.53. The van der Waals surface area contributed by atoms with E-state index in [2.05, 4.69) is 12.2 Å². The van der Waals surface area contributed by atoms with E-state index in [9.17, 15) is 9.59 Å².